The van der Waals surface area contributed by atoms with E-state index >= 15 is 0 Å². The van der Waals surface area contributed by atoms with Gasteiger partial charge >= 0.3 is 0 Å². The molecule has 1 atom stereocenters. The largest absolute Gasteiger partial charge is 0.374 e. The number of nitrogens with one attached hydrogen (secondary N) is 1. The number of hydrogen-bond acceptors (Lipinski definition) is 2. The van der Waals surface area contributed by atoms with Crippen LogP contribution in [-0.4, -0.2) is 24.7 Å². The summed E-state index contributed by atoms with van der Waals surface area (Å²) in [6.45, 7) is 4.70. The van der Waals surface area contributed by atoms with Gasteiger partial charge in [-0.1, -0.05) is 0 Å². The van der Waals surface area contributed by atoms with Gasteiger partial charge < -0.3 is 10.1 Å². The zero-order valence-corrected chi connectivity index (χ0v) is 7.09. The maximum absolute atomic E-state index is 10.7. The summed E-state index contributed by atoms with van der Waals surface area (Å²) in [6.07, 6.45) is 1.96. The van der Waals surface area contributed by atoms with Crippen LogP contribution in [0.4, 0.5) is 0 Å². The summed E-state index contributed by atoms with van der Waals surface area (Å²) < 4.78 is 5.52. The highest BCUT2D eigenvalue weighted by Crippen LogP contribution is 2.08. The molecule has 1 amide bonds. The van der Waals surface area contributed by atoms with Crippen molar-refractivity contribution >= 4 is 5.91 Å². The second-order valence-electron chi connectivity index (χ2n) is 3.15. The molecule has 3 nitrogen and oxygen atoms in total. The van der Waals surface area contributed by atoms with E-state index < -0.39 is 0 Å². The summed E-state index contributed by atoms with van der Waals surface area (Å²) in [4.78, 5) is 10.7. The Labute approximate surface area is 67.1 Å². The Balaban J connectivity index is 2.22. The molecule has 0 aromatic carbocycles. The van der Waals surface area contributed by atoms with E-state index in [4.69, 9.17) is 4.74 Å². The quantitative estimate of drug-likeness (QED) is 0.640. The van der Waals surface area contributed by atoms with Crippen LogP contribution in [0.1, 0.15) is 26.7 Å². The molecule has 1 rings (SSSR count). The lowest BCUT2D eigenvalue weighted by Crippen LogP contribution is -2.40. The molecule has 0 spiro atoms. The van der Waals surface area contributed by atoms with Gasteiger partial charge in [-0.15, -0.1) is 0 Å². The summed E-state index contributed by atoms with van der Waals surface area (Å²) in [7, 11) is 0. The van der Waals surface area contributed by atoms with Crippen LogP contribution in [0.2, 0.25) is 0 Å². The second kappa shape index (κ2) is 3.72. The molecular formula is C8H15NO2. The lowest BCUT2D eigenvalue weighted by molar-refractivity contribution is -0.125. The minimum atomic E-state index is 0.147. The smallest absolute Gasteiger partial charge is 0.220 e. The molecular weight excluding hydrogens is 142 g/mol. The van der Waals surface area contributed by atoms with Gasteiger partial charge in [0.2, 0.25) is 5.91 Å². The third kappa shape index (κ3) is 2.89. The Bertz CT molecular complexity index is 135. The first-order valence-corrected chi connectivity index (χ1v) is 4.10. The van der Waals surface area contributed by atoms with Crippen molar-refractivity contribution in [3.8, 4) is 0 Å². The molecule has 1 aliphatic rings. The Hall–Kier alpha value is -0.570. The van der Waals surface area contributed by atoms with E-state index in [-0.39, 0.29) is 18.1 Å². The summed E-state index contributed by atoms with van der Waals surface area (Å²) >= 11 is 0. The number of hydrogen-bond donors (Lipinski definition) is 1. The van der Waals surface area contributed by atoms with Crippen LogP contribution in [-0.2, 0) is 9.53 Å². The van der Waals surface area contributed by atoms with Gasteiger partial charge in [0.05, 0.1) is 12.2 Å². The summed E-state index contributed by atoms with van der Waals surface area (Å²) in [6, 6.07) is 0. The second-order valence-corrected chi connectivity index (χ2v) is 3.15. The molecule has 0 unspecified atom stereocenters. The standard InChI is InChI=1S/C8H15NO2/c1-6(2)11-7-3-4-8(10)9-5-7/h6-7H,3-5H2,1-2H3,(H,9,10)/t7-/m0/s1. The predicted octanol–water partition coefficient (Wildman–Crippen LogP) is 0.690. The van der Waals surface area contributed by atoms with Crippen molar-refractivity contribution in [1.82, 2.24) is 5.32 Å². The van der Waals surface area contributed by atoms with Crippen molar-refractivity contribution < 1.29 is 9.53 Å². The topological polar surface area (TPSA) is 38.3 Å². The van der Waals surface area contributed by atoms with Gasteiger partial charge in [-0.05, 0) is 20.3 Å². The van der Waals surface area contributed by atoms with Crippen molar-refractivity contribution in [2.24, 2.45) is 0 Å². The number of carbonyl (C=O) groups excluding carboxylic acids is 1. The van der Waals surface area contributed by atoms with E-state index in [9.17, 15) is 4.79 Å². The van der Waals surface area contributed by atoms with E-state index in [1.54, 1.807) is 0 Å². The molecule has 11 heavy (non-hydrogen) atoms. The van der Waals surface area contributed by atoms with Gasteiger partial charge in [0, 0.05) is 13.0 Å². The molecule has 1 aliphatic heterocycles. The molecule has 3 heteroatoms. The van der Waals surface area contributed by atoms with Crippen molar-refractivity contribution in [2.75, 3.05) is 6.54 Å². The van der Waals surface area contributed by atoms with Crippen molar-refractivity contribution in [3.05, 3.63) is 0 Å². The monoisotopic (exact) mass is 157 g/mol. The number of carbonyl (C=O) groups is 1. The summed E-state index contributed by atoms with van der Waals surface area (Å²) in [5.41, 5.74) is 0. The molecule has 0 saturated carbocycles. The first-order valence-electron chi connectivity index (χ1n) is 4.10. The molecule has 1 fully saturated rings. The van der Waals surface area contributed by atoms with Crippen LogP contribution in [0.5, 0.6) is 0 Å². The van der Waals surface area contributed by atoms with Crippen LogP contribution < -0.4 is 5.32 Å². The van der Waals surface area contributed by atoms with Gasteiger partial charge in [-0.3, -0.25) is 4.79 Å². The van der Waals surface area contributed by atoms with E-state index in [1.165, 1.54) is 0 Å². The molecule has 64 valence electrons. The van der Waals surface area contributed by atoms with Gasteiger partial charge in [0.25, 0.3) is 0 Å². The van der Waals surface area contributed by atoms with Crippen LogP contribution in [0, 0.1) is 0 Å². The zero-order chi connectivity index (χ0) is 8.27. The molecule has 1 N–H and O–H groups in total. The SMILES string of the molecule is CC(C)O[C@H]1CCC(=O)NC1. The fourth-order valence-electron chi connectivity index (χ4n) is 1.21. The third-order valence-corrected chi connectivity index (χ3v) is 1.68. The highest BCUT2D eigenvalue weighted by molar-refractivity contribution is 5.76. The normalized spacial score (nSPS) is 25.4. The van der Waals surface area contributed by atoms with Crippen LogP contribution in [0.15, 0.2) is 0 Å². The van der Waals surface area contributed by atoms with E-state index in [2.05, 4.69) is 5.32 Å². The number of ether oxygens (including phenoxy) is 1. The molecule has 0 bridgehead atoms. The fraction of sp³-hybridized carbons (Fsp3) is 0.875. The van der Waals surface area contributed by atoms with E-state index in [0.717, 1.165) is 6.42 Å². The Morgan fingerprint density at radius 2 is 2.36 bits per heavy atom. The zero-order valence-electron chi connectivity index (χ0n) is 7.09. The Morgan fingerprint density at radius 3 is 2.82 bits per heavy atom. The number of rotatable bonds is 2. The van der Waals surface area contributed by atoms with Gasteiger partial charge in [-0.25, -0.2) is 0 Å². The van der Waals surface area contributed by atoms with Crippen LogP contribution in [0.25, 0.3) is 0 Å². The number of amides is 1. The maximum Gasteiger partial charge on any atom is 0.220 e. The van der Waals surface area contributed by atoms with E-state index in [0.29, 0.717) is 13.0 Å². The molecule has 0 aliphatic carbocycles. The average Bonchev–Trinajstić information content (AvgIpc) is 1.93. The average molecular weight is 157 g/mol. The van der Waals surface area contributed by atoms with Gasteiger partial charge in [-0.2, -0.15) is 0 Å². The van der Waals surface area contributed by atoms with Gasteiger partial charge in [0.15, 0.2) is 0 Å². The van der Waals surface area contributed by atoms with Crippen LogP contribution in [0.3, 0.4) is 0 Å². The molecule has 0 aromatic heterocycles. The maximum atomic E-state index is 10.7. The minimum Gasteiger partial charge on any atom is -0.374 e. The Morgan fingerprint density at radius 1 is 1.64 bits per heavy atom. The predicted molar refractivity (Wildman–Crippen MR) is 42.3 cm³/mol. The summed E-state index contributed by atoms with van der Waals surface area (Å²) in [5.74, 6) is 0.147. The molecule has 0 aromatic rings. The first-order chi connectivity index (χ1) is 5.18. The van der Waals surface area contributed by atoms with Crippen molar-refractivity contribution in [1.29, 1.82) is 0 Å². The fourth-order valence-corrected chi connectivity index (χ4v) is 1.21. The third-order valence-electron chi connectivity index (χ3n) is 1.68. The first kappa shape index (κ1) is 8.53. The lowest BCUT2D eigenvalue weighted by atomic mass is 10.1. The van der Waals surface area contributed by atoms with Crippen molar-refractivity contribution in [2.45, 2.75) is 38.9 Å². The minimum absolute atomic E-state index is 0.147. The van der Waals surface area contributed by atoms with Crippen molar-refractivity contribution in [3.63, 3.8) is 0 Å². The lowest BCUT2D eigenvalue weighted by Gasteiger charge is -2.24. The highest BCUT2D eigenvalue weighted by Gasteiger charge is 2.18. The van der Waals surface area contributed by atoms with Gasteiger partial charge in [0.1, 0.15) is 0 Å². The van der Waals surface area contributed by atoms with Crippen LogP contribution >= 0.6 is 0 Å². The Kier molecular flexibility index (Phi) is 2.88. The molecule has 0 radical (unpaired) electrons. The number of piperidine rings is 1. The molecule has 1 saturated heterocycles. The molecule has 1 heterocycles. The highest BCUT2D eigenvalue weighted by atomic mass is 16.5. The van der Waals surface area contributed by atoms with E-state index in [1.807, 2.05) is 13.8 Å². The summed E-state index contributed by atoms with van der Waals surface area (Å²) in [5, 5.41) is 2.77.